The highest BCUT2D eigenvalue weighted by atomic mass is 16.1. The highest BCUT2D eigenvalue weighted by Crippen LogP contribution is 2.16. The number of aromatic nitrogens is 3. The first-order chi connectivity index (χ1) is 7.16. The summed E-state index contributed by atoms with van der Waals surface area (Å²) >= 11 is 0. The fourth-order valence-electron chi connectivity index (χ4n) is 1.42. The molecule has 4 nitrogen and oxygen atoms in total. The third-order valence-electron chi connectivity index (χ3n) is 2.16. The Morgan fingerprint density at radius 2 is 2.13 bits per heavy atom. The van der Waals surface area contributed by atoms with Crippen LogP contribution in [0.3, 0.4) is 0 Å². The Kier molecular flexibility index (Phi) is 2.33. The predicted octanol–water partition coefficient (Wildman–Crippen LogP) is 1.45. The maximum absolute atomic E-state index is 11.3. The van der Waals surface area contributed by atoms with Crippen LogP contribution in [0.4, 0.5) is 0 Å². The molecular formula is C11H11N3O. The van der Waals surface area contributed by atoms with Gasteiger partial charge in [-0.05, 0) is 25.5 Å². The zero-order chi connectivity index (χ0) is 10.8. The maximum atomic E-state index is 11.3. The topological polar surface area (TPSA) is 58.6 Å². The molecule has 2 aromatic heterocycles. The van der Waals surface area contributed by atoms with Crippen molar-refractivity contribution in [2.45, 2.75) is 13.8 Å². The minimum Gasteiger partial charge on any atom is -0.306 e. The summed E-state index contributed by atoms with van der Waals surface area (Å²) in [4.78, 5) is 22.3. The van der Waals surface area contributed by atoms with Crippen LogP contribution in [0.2, 0.25) is 0 Å². The number of rotatable bonds is 1. The normalized spacial score (nSPS) is 10.3. The first-order valence-corrected chi connectivity index (χ1v) is 4.66. The Labute approximate surface area is 87.0 Å². The Bertz CT molecular complexity index is 546. The molecule has 0 amide bonds. The molecule has 0 fully saturated rings. The Morgan fingerprint density at radius 1 is 1.33 bits per heavy atom. The molecule has 15 heavy (non-hydrogen) atoms. The molecule has 2 rings (SSSR count). The second kappa shape index (κ2) is 3.65. The summed E-state index contributed by atoms with van der Waals surface area (Å²) < 4.78 is 0. The van der Waals surface area contributed by atoms with Crippen molar-refractivity contribution < 1.29 is 0 Å². The zero-order valence-corrected chi connectivity index (χ0v) is 8.61. The number of pyridine rings is 1. The van der Waals surface area contributed by atoms with Crippen LogP contribution in [-0.4, -0.2) is 15.0 Å². The largest absolute Gasteiger partial charge is 0.306 e. The maximum Gasteiger partial charge on any atom is 0.251 e. The van der Waals surface area contributed by atoms with Gasteiger partial charge in [0.15, 0.2) is 0 Å². The van der Waals surface area contributed by atoms with Gasteiger partial charge in [-0.15, -0.1) is 0 Å². The Balaban J connectivity index is 2.64. The van der Waals surface area contributed by atoms with Gasteiger partial charge in [-0.2, -0.15) is 0 Å². The van der Waals surface area contributed by atoms with Crippen molar-refractivity contribution in [3.05, 3.63) is 46.1 Å². The van der Waals surface area contributed by atoms with E-state index < -0.39 is 0 Å². The summed E-state index contributed by atoms with van der Waals surface area (Å²) in [7, 11) is 0. The van der Waals surface area contributed by atoms with Crippen LogP contribution in [0.1, 0.15) is 11.3 Å². The second-order valence-corrected chi connectivity index (χ2v) is 3.43. The minimum atomic E-state index is -0.138. The van der Waals surface area contributed by atoms with E-state index in [0.29, 0.717) is 11.5 Å². The van der Waals surface area contributed by atoms with E-state index in [1.165, 1.54) is 6.07 Å². The SMILES string of the molecule is Cc1cc(=O)[nH]c(-c2cnccc2C)n1. The van der Waals surface area contributed by atoms with Crippen molar-refractivity contribution >= 4 is 0 Å². The van der Waals surface area contributed by atoms with E-state index in [1.807, 2.05) is 13.0 Å². The molecule has 2 heterocycles. The molecule has 2 aromatic rings. The van der Waals surface area contributed by atoms with E-state index in [1.54, 1.807) is 19.3 Å². The lowest BCUT2D eigenvalue weighted by atomic mass is 10.1. The molecular weight excluding hydrogens is 190 g/mol. The smallest absolute Gasteiger partial charge is 0.251 e. The third kappa shape index (κ3) is 1.93. The lowest BCUT2D eigenvalue weighted by molar-refractivity contribution is 1.06. The van der Waals surface area contributed by atoms with Gasteiger partial charge in [-0.3, -0.25) is 9.78 Å². The molecule has 0 radical (unpaired) electrons. The van der Waals surface area contributed by atoms with E-state index in [-0.39, 0.29) is 5.56 Å². The van der Waals surface area contributed by atoms with Crippen LogP contribution in [0.25, 0.3) is 11.4 Å². The molecule has 0 atom stereocenters. The second-order valence-electron chi connectivity index (χ2n) is 3.43. The molecule has 0 spiro atoms. The number of hydrogen-bond donors (Lipinski definition) is 1. The highest BCUT2D eigenvalue weighted by Gasteiger charge is 2.04. The van der Waals surface area contributed by atoms with Gasteiger partial charge in [-0.25, -0.2) is 4.98 Å². The molecule has 1 N–H and O–H groups in total. The van der Waals surface area contributed by atoms with Crippen LogP contribution in [0.5, 0.6) is 0 Å². The van der Waals surface area contributed by atoms with E-state index in [0.717, 1.165) is 11.1 Å². The van der Waals surface area contributed by atoms with Gasteiger partial charge < -0.3 is 4.98 Å². The first kappa shape index (κ1) is 9.58. The van der Waals surface area contributed by atoms with Crippen LogP contribution in [0.15, 0.2) is 29.3 Å². The van der Waals surface area contributed by atoms with Crippen molar-refractivity contribution in [3.63, 3.8) is 0 Å². The fraction of sp³-hybridized carbons (Fsp3) is 0.182. The van der Waals surface area contributed by atoms with Gasteiger partial charge in [0, 0.05) is 29.7 Å². The number of nitrogens with zero attached hydrogens (tertiary/aromatic N) is 2. The lowest BCUT2D eigenvalue weighted by Gasteiger charge is -2.03. The van der Waals surface area contributed by atoms with Gasteiger partial charge in [0.05, 0.1) is 0 Å². The lowest BCUT2D eigenvalue weighted by Crippen LogP contribution is -2.09. The molecule has 0 aliphatic heterocycles. The van der Waals surface area contributed by atoms with E-state index in [9.17, 15) is 4.79 Å². The average Bonchev–Trinajstić information content (AvgIpc) is 2.16. The van der Waals surface area contributed by atoms with Gasteiger partial charge in [-0.1, -0.05) is 0 Å². The van der Waals surface area contributed by atoms with E-state index in [4.69, 9.17) is 0 Å². The standard InChI is InChI=1S/C11H11N3O/c1-7-3-4-12-6-9(7)11-13-8(2)5-10(15)14-11/h3-6H,1-2H3,(H,13,14,15). The minimum absolute atomic E-state index is 0.138. The van der Waals surface area contributed by atoms with E-state index >= 15 is 0 Å². The predicted molar refractivity (Wildman–Crippen MR) is 57.6 cm³/mol. The average molecular weight is 201 g/mol. The first-order valence-electron chi connectivity index (χ1n) is 4.66. The van der Waals surface area contributed by atoms with Crippen molar-refractivity contribution in [3.8, 4) is 11.4 Å². The molecule has 0 saturated heterocycles. The Hall–Kier alpha value is -1.97. The zero-order valence-electron chi connectivity index (χ0n) is 8.61. The summed E-state index contributed by atoms with van der Waals surface area (Å²) in [5.41, 5.74) is 2.47. The highest BCUT2D eigenvalue weighted by molar-refractivity contribution is 5.57. The summed E-state index contributed by atoms with van der Waals surface area (Å²) in [6, 6.07) is 3.35. The number of nitrogens with one attached hydrogen (secondary N) is 1. The molecule has 0 aliphatic carbocycles. The van der Waals surface area contributed by atoms with Crippen LogP contribution in [0, 0.1) is 13.8 Å². The van der Waals surface area contributed by atoms with Crippen molar-refractivity contribution in [1.82, 2.24) is 15.0 Å². The van der Waals surface area contributed by atoms with Gasteiger partial charge in [0.2, 0.25) is 0 Å². The number of aromatic amines is 1. The van der Waals surface area contributed by atoms with Crippen molar-refractivity contribution in [1.29, 1.82) is 0 Å². The number of H-pyrrole nitrogens is 1. The third-order valence-corrected chi connectivity index (χ3v) is 2.16. The van der Waals surface area contributed by atoms with Crippen molar-refractivity contribution in [2.24, 2.45) is 0 Å². The van der Waals surface area contributed by atoms with Crippen LogP contribution >= 0.6 is 0 Å². The summed E-state index contributed by atoms with van der Waals surface area (Å²) in [6.45, 7) is 3.75. The van der Waals surface area contributed by atoms with Crippen LogP contribution in [-0.2, 0) is 0 Å². The summed E-state index contributed by atoms with van der Waals surface area (Å²) in [5, 5.41) is 0. The van der Waals surface area contributed by atoms with Gasteiger partial charge in [0.1, 0.15) is 5.82 Å². The van der Waals surface area contributed by atoms with Gasteiger partial charge >= 0.3 is 0 Å². The van der Waals surface area contributed by atoms with Gasteiger partial charge in [0.25, 0.3) is 5.56 Å². The number of aryl methyl sites for hydroxylation is 2. The molecule has 0 unspecified atom stereocenters. The van der Waals surface area contributed by atoms with E-state index in [2.05, 4.69) is 15.0 Å². The molecule has 0 saturated carbocycles. The molecule has 76 valence electrons. The quantitative estimate of drug-likeness (QED) is 0.759. The Morgan fingerprint density at radius 3 is 2.80 bits per heavy atom. The van der Waals surface area contributed by atoms with Crippen LogP contribution < -0.4 is 5.56 Å². The number of hydrogen-bond acceptors (Lipinski definition) is 3. The van der Waals surface area contributed by atoms with Crippen molar-refractivity contribution in [2.75, 3.05) is 0 Å². The molecule has 4 heteroatoms. The summed E-state index contributed by atoms with van der Waals surface area (Å²) in [6.07, 6.45) is 3.42. The molecule has 0 bridgehead atoms. The molecule has 0 aliphatic rings. The summed E-state index contributed by atoms with van der Waals surface area (Å²) in [5.74, 6) is 0.575. The molecule has 0 aromatic carbocycles. The fourth-order valence-corrected chi connectivity index (χ4v) is 1.42. The monoisotopic (exact) mass is 201 g/mol.